The highest BCUT2D eigenvalue weighted by Crippen LogP contribution is 2.40. The van der Waals surface area contributed by atoms with Crippen LogP contribution in [0.4, 0.5) is 0 Å². The van der Waals surface area contributed by atoms with Crippen molar-refractivity contribution in [2.24, 2.45) is 0 Å². The molecule has 0 amide bonds. The Morgan fingerprint density at radius 3 is 2.81 bits per heavy atom. The molecule has 16 heavy (non-hydrogen) atoms. The molecule has 0 aromatic carbocycles. The van der Waals surface area contributed by atoms with Gasteiger partial charge in [0.05, 0.1) is 17.5 Å². The molecule has 4 nitrogen and oxygen atoms in total. The first-order valence-corrected chi connectivity index (χ1v) is 6.02. The van der Waals surface area contributed by atoms with Gasteiger partial charge in [-0.05, 0) is 32.7 Å². The number of nitrogens with zero attached hydrogens (tertiary/aromatic N) is 2. The van der Waals surface area contributed by atoms with Gasteiger partial charge in [0.1, 0.15) is 5.82 Å². The Bertz CT molecular complexity index is 415. The molecule has 0 spiro atoms. The molecule has 4 heteroatoms. The first kappa shape index (κ1) is 10.2. The number of fused-ring (bicyclic) bond motifs is 1. The van der Waals surface area contributed by atoms with Crippen LogP contribution in [0.15, 0.2) is 0 Å². The molecule has 1 atom stereocenters. The van der Waals surface area contributed by atoms with Crippen molar-refractivity contribution in [1.29, 1.82) is 0 Å². The lowest BCUT2D eigenvalue weighted by atomic mass is 10.1. The molecular weight excluding hydrogens is 202 g/mol. The molecule has 1 saturated carbocycles. The smallest absolute Gasteiger partial charge is 0.132 e. The second-order valence-electron chi connectivity index (χ2n) is 4.75. The molecule has 1 heterocycles. The quantitative estimate of drug-likeness (QED) is 0.798. The monoisotopic (exact) mass is 219 g/mol. The summed E-state index contributed by atoms with van der Waals surface area (Å²) in [7, 11) is 1.91. The highest BCUT2D eigenvalue weighted by molar-refractivity contribution is 5.33. The van der Waals surface area contributed by atoms with Crippen molar-refractivity contribution in [3.8, 4) is 0 Å². The SMILES string of the molecule is CNCc1nc(C2CC2)nc2c1C(O)CC2. The molecule has 0 aliphatic heterocycles. The number of aromatic nitrogens is 2. The number of hydrogen-bond donors (Lipinski definition) is 2. The van der Waals surface area contributed by atoms with Gasteiger partial charge in [0, 0.05) is 18.0 Å². The van der Waals surface area contributed by atoms with Crippen LogP contribution in [0.25, 0.3) is 0 Å². The summed E-state index contributed by atoms with van der Waals surface area (Å²) in [5.41, 5.74) is 3.06. The molecule has 0 saturated heterocycles. The normalized spacial score (nSPS) is 23.5. The van der Waals surface area contributed by atoms with Gasteiger partial charge in [-0.2, -0.15) is 0 Å². The predicted octanol–water partition coefficient (Wildman–Crippen LogP) is 1.05. The molecule has 1 aromatic rings. The topological polar surface area (TPSA) is 58.0 Å². The number of aliphatic hydroxyl groups excluding tert-OH is 1. The lowest BCUT2D eigenvalue weighted by Crippen LogP contribution is -2.14. The zero-order chi connectivity index (χ0) is 11.1. The number of rotatable bonds is 3. The van der Waals surface area contributed by atoms with Crippen LogP contribution in [-0.2, 0) is 13.0 Å². The fraction of sp³-hybridized carbons (Fsp3) is 0.667. The Morgan fingerprint density at radius 1 is 1.31 bits per heavy atom. The summed E-state index contributed by atoms with van der Waals surface area (Å²) in [6, 6.07) is 0. The van der Waals surface area contributed by atoms with Gasteiger partial charge in [-0.3, -0.25) is 0 Å². The summed E-state index contributed by atoms with van der Waals surface area (Å²) < 4.78 is 0. The Labute approximate surface area is 95.1 Å². The van der Waals surface area contributed by atoms with Crippen LogP contribution >= 0.6 is 0 Å². The van der Waals surface area contributed by atoms with Crippen LogP contribution in [0.1, 0.15) is 54.1 Å². The summed E-state index contributed by atoms with van der Waals surface area (Å²) >= 11 is 0. The fourth-order valence-corrected chi connectivity index (χ4v) is 2.41. The van der Waals surface area contributed by atoms with Crippen LogP contribution in [0, 0.1) is 0 Å². The van der Waals surface area contributed by atoms with Crippen molar-refractivity contribution < 1.29 is 5.11 Å². The number of hydrogen-bond acceptors (Lipinski definition) is 4. The number of aliphatic hydroxyl groups is 1. The lowest BCUT2D eigenvalue weighted by Gasteiger charge is -2.11. The largest absolute Gasteiger partial charge is 0.388 e. The Morgan fingerprint density at radius 2 is 2.12 bits per heavy atom. The van der Waals surface area contributed by atoms with Crippen LogP contribution < -0.4 is 5.32 Å². The summed E-state index contributed by atoms with van der Waals surface area (Å²) in [4.78, 5) is 9.22. The van der Waals surface area contributed by atoms with E-state index < -0.39 is 0 Å². The summed E-state index contributed by atoms with van der Waals surface area (Å²) in [5, 5.41) is 13.0. The van der Waals surface area contributed by atoms with Crippen molar-refractivity contribution in [3.05, 3.63) is 22.8 Å². The fourth-order valence-electron chi connectivity index (χ4n) is 2.41. The van der Waals surface area contributed by atoms with Gasteiger partial charge in [-0.25, -0.2) is 9.97 Å². The van der Waals surface area contributed by atoms with E-state index in [9.17, 15) is 5.11 Å². The Balaban J connectivity index is 2.05. The minimum Gasteiger partial charge on any atom is -0.388 e. The summed E-state index contributed by atoms with van der Waals surface area (Å²) in [6.45, 7) is 0.724. The molecule has 86 valence electrons. The molecule has 2 aliphatic rings. The average molecular weight is 219 g/mol. The van der Waals surface area contributed by atoms with E-state index >= 15 is 0 Å². The van der Waals surface area contributed by atoms with Crippen LogP contribution in [-0.4, -0.2) is 22.1 Å². The zero-order valence-electron chi connectivity index (χ0n) is 9.53. The van der Waals surface area contributed by atoms with E-state index in [0.29, 0.717) is 5.92 Å². The molecule has 1 unspecified atom stereocenters. The van der Waals surface area contributed by atoms with E-state index in [1.54, 1.807) is 0 Å². The van der Waals surface area contributed by atoms with E-state index in [4.69, 9.17) is 0 Å². The van der Waals surface area contributed by atoms with E-state index in [0.717, 1.165) is 42.2 Å². The highest BCUT2D eigenvalue weighted by atomic mass is 16.3. The summed E-state index contributed by atoms with van der Waals surface area (Å²) in [5.74, 6) is 1.58. The number of aryl methyl sites for hydroxylation is 1. The Hall–Kier alpha value is -1.00. The third-order valence-corrected chi connectivity index (χ3v) is 3.40. The predicted molar refractivity (Wildman–Crippen MR) is 60.1 cm³/mol. The van der Waals surface area contributed by atoms with Gasteiger partial charge in [0.15, 0.2) is 0 Å². The van der Waals surface area contributed by atoms with Crippen LogP contribution in [0.3, 0.4) is 0 Å². The zero-order valence-corrected chi connectivity index (χ0v) is 9.53. The second-order valence-corrected chi connectivity index (χ2v) is 4.75. The van der Waals surface area contributed by atoms with Crippen molar-refractivity contribution in [2.75, 3.05) is 7.05 Å². The maximum Gasteiger partial charge on any atom is 0.132 e. The van der Waals surface area contributed by atoms with E-state index in [2.05, 4.69) is 15.3 Å². The van der Waals surface area contributed by atoms with Gasteiger partial charge in [-0.1, -0.05) is 0 Å². The first-order chi connectivity index (χ1) is 7.79. The second kappa shape index (κ2) is 3.79. The van der Waals surface area contributed by atoms with Gasteiger partial charge < -0.3 is 10.4 Å². The summed E-state index contributed by atoms with van der Waals surface area (Å²) in [6.07, 6.45) is 3.79. The third kappa shape index (κ3) is 1.62. The maximum atomic E-state index is 9.93. The molecule has 2 aliphatic carbocycles. The number of nitrogens with one attached hydrogen (secondary N) is 1. The molecule has 0 radical (unpaired) electrons. The van der Waals surface area contributed by atoms with Crippen molar-refractivity contribution in [1.82, 2.24) is 15.3 Å². The van der Waals surface area contributed by atoms with Gasteiger partial charge >= 0.3 is 0 Å². The standard InChI is InChI=1S/C12H17N3O/c1-13-6-9-11-8(4-5-10(11)16)14-12(15-9)7-2-3-7/h7,10,13,16H,2-6H2,1H3. The maximum absolute atomic E-state index is 9.93. The third-order valence-electron chi connectivity index (χ3n) is 3.40. The van der Waals surface area contributed by atoms with Gasteiger partial charge in [0.25, 0.3) is 0 Å². The van der Waals surface area contributed by atoms with Gasteiger partial charge in [-0.15, -0.1) is 0 Å². The van der Waals surface area contributed by atoms with Crippen LogP contribution in [0.5, 0.6) is 0 Å². The molecular formula is C12H17N3O. The van der Waals surface area contributed by atoms with Crippen molar-refractivity contribution in [3.63, 3.8) is 0 Å². The molecule has 2 N–H and O–H groups in total. The molecule has 3 rings (SSSR count). The van der Waals surface area contributed by atoms with Crippen molar-refractivity contribution >= 4 is 0 Å². The van der Waals surface area contributed by atoms with Crippen LogP contribution in [0.2, 0.25) is 0 Å². The average Bonchev–Trinajstić information content (AvgIpc) is 3.05. The lowest BCUT2D eigenvalue weighted by molar-refractivity contribution is 0.178. The molecule has 0 bridgehead atoms. The minimum absolute atomic E-state index is 0.355. The molecule has 1 aromatic heterocycles. The minimum atomic E-state index is -0.355. The Kier molecular flexibility index (Phi) is 2.41. The molecule has 1 fully saturated rings. The van der Waals surface area contributed by atoms with Crippen molar-refractivity contribution in [2.45, 2.75) is 44.2 Å². The van der Waals surface area contributed by atoms with Gasteiger partial charge in [0.2, 0.25) is 0 Å². The van der Waals surface area contributed by atoms with E-state index in [-0.39, 0.29) is 6.10 Å². The van der Waals surface area contributed by atoms with E-state index in [1.807, 2.05) is 7.05 Å². The van der Waals surface area contributed by atoms with E-state index in [1.165, 1.54) is 12.8 Å². The first-order valence-electron chi connectivity index (χ1n) is 6.02. The highest BCUT2D eigenvalue weighted by Gasteiger charge is 2.31.